The zero-order valence-corrected chi connectivity index (χ0v) is 7.78. The van der Waals surface area contributed by atoms with E-state index >= 15 is 0 Å². The van der Waals surface area contributed by atoms with Crippen molar-refractivity contribution in [1.82, 2.24) is 0 Å². The molecule has 3 atom stereocenters. The second kappa shape index (κ2) is 4.37. The van der Waals surface area contributed by atoms with E-state index in [9.17, 15) is 0 Å². The average molecular weight is 187 g/mol. The van der Waals surface area contributed by atoms with Crippen LogP contribution in [-0.2, 0) is 14.2 Å². The molecule has 2 saturated heterocycles. The molecule has 0 aromatic carbocycles. The predicted molar refractivity (Wildman–Crippen MR) is 47.3 cm³/mol. The van der Waals surface area contributed by atoms with Crippen molar-refractivity contribution in [2.24, 2.45) is 5.73 Å². The summed E-state index contributed by atoms with van der Waals surface area (Å²) >= 11 is 0. The van der Waals surface area contributed by atoms with E-state index in [-0.39, 0.29) is 18.5 Å². The number of ether oxygens (including phenoxy) is 3. The standard InChI is InChI=1S/C9H17NO3/c10-4-3-7-6-12-9(13-7)8-2-1-5-11-8/h7-9H,1-6,10H2. The van der Waals surface area contributed by atoms with Crippen molar-refractivity contribution in [3.8, 4) is 0 Å². The molecule has 2 heterocycles. The Kier molecular flexibility index (Phi) is 3.16. The Labute approximate surface area is 78.3 Å². The highest BCUT2D eigenvalue weighted by Crippen LogP contribution is 2.24. The lowest BCUT2D eigenvalue weighted by Crippen LogP contribution is -2.27. The minimum absolute atomic E-state index is 0.140. The fourth-order valence-electron chi connectivity index (χ4n) is 1.82. The van der Waals surface area contributed by atoms with Gasteiger partial charge < -0.3 is 19.9 Å². The Balaban J connectivity index is 1.76. The maximum atomic E-state index is 5.66. The zero-order valence-electron chi connectivity index (χ0n) is 7.78. The lowest BCUT2D eigenvalue weighted by atomic mass is 10.2. The Morgan fingerprint density at radius 1 is 1.31 bits per heavy atom. The maximum Gasteiger partial charge on any atom is 0.184 e. The molecule has 0 spiro atoms. The highest BCUT2D eigenvalue weighted by Gasteiger charge is 2.34. The van der Waals surface area contributed by atoms with Gasteiger partial charge in [0.2, 0.25) is 0 Å². The van der Waals surface area contributed by atoms with E-state index in [1.165, 1.54) is 0 Å². The highest BCUT2D eigenvalue weighted by molar-refractivity contribution is 4.75. The average Bonchev–Trinajstić information content (AvgIpc) is 2.70. The third-order valence-electron chi connectivity index (χ3n) is 2.53. The molecular formula is C9H17NO3. The van der Waals surface area contributed by atoms with E-state index in [0.29, 0.717) is 13.2 Å². The minimum atomic E-state index is -0.140. The van der Waals surface area contributed by atoms with Gasteiger partial charge in [-0.2, -0.15) is 0 Å². The van der Waals surface area contributed by atoms with Crippen molar-refractivity contribution < 1.29 is 14.2 Å². The van der Waals surface area contributed by atoms with Crippen molar-refractivity contribution in [1.29, 1.82) is 0 Å². The Morgan fingerprint density at radius 2 is 2.23 bits per heavy atom. The molecule has 2 rings (SSSR count). The molecule has 0 radical (unpaired) electrons. The molecule has 4 heteroatoms. The van der Waals surface area contributed by atoms with Gasteiger partial charge in [0.05, 0.1) is 12.7 Å². The van der Waals surface area contributed by atoms with Crippen molar-refractivity contribution in [2.75, 3.05) is 19.8 Å². The van der Waals surface area contributed by atoms with Crippen LogP contribution in [0.2, 0.25) is 0 Å². The number of hydrogen-bond acceptors (Lipinski definition) is 4. The summed E-state index contributed by atoms with van der Waals surface area (Å²) in [5.74, 6) is 0. The van der Waals surface area contributed by atoms with Crippen LogP contribution in [0.25, 0.3) is 0 Å². The Bertz CT molecular complexity index is 159. The van der Waals surface area contributed by atoms with Crippen LogP contribution < -0.4 is 5.73 Å². The van der Waals surface area contributed by atoms with Crippen molar-refractivity contribution in [3.05, 3.63) is 0 Å². The van der Waals surface area contributed by atoms with Crippen LogP contribution in [-0.4, -0.2) is 38.3 Å². The summed E-state index contributed by atoms with van der Waals surface area (Å²) in [6.07, 6.45) is 3.25. The van der Waals surface area contributed by atoms with Crippen LogP contribution in [0.15, 0.2) is 0 Å². The monoisotopic (exact) mass is 187 g/mol. The molecule has 2 aliphatic heterocycles. The third-order valence-corrected chi connectivity index (χ3v) is 2.53. The summed E-state index contributed by atoms with van der Waals surface area (Å²) in [6, 6.07) is 0. The summed E-state index contributed by atoms with van der Waals surface area (Å²) in [5, 5.41) is 0. The molecule has 4 nitrogen and oxygen atoms in total. The summed E-state index contributed by atoms with van der Waals surface area (Å²) in [4.78, 5) is 0. The molecule has 3 unspecified atom stereocenters. The molecule has 0 bridgehead atoms. The molecule has 2 N–H and O–H groups in total. The lowest BCUT2D eigenvalue weighted by Gasteiger charge is -2.16. The molecular weight excluding hydrogens is 170 g/mol. The van der Waals surface area contributed by atoms with Crippen LogP contribution in [0.3, 0.4) is 0 Å². The normalized spacial score (nSPS) is 39.9. The van der Waals surface area contributed by atoms with Crippen molar-refractivity contribution in [2.45, 2.75) is 37.8 Å². The quantitative estimate of drug-likeness (QED) is 0.688. The smallest absolute Gasteiger partial charge is 0.184 e. The molecule has 2 aliphatic rings. The predicted octanol–water partition coefficient (Wildman–Crippen LogP) is 0.256. The lowest BCUT2D eigenvalue weighted by molar-refractivity contribution is -0.135. The zero-order chi connectivity index (χ0) is 9.10. The van der Waals surface area contributed by atoms with Crippen LogP contribution in [0.4, 0.5) is 0 Å². The van der Waals surface area contributed by atoms with Crippen molar-refractivity contribution in [3.63, 3.8) is 0 Å². The molecule has 0 aromatic rings. The Morgan fingerprint density at radius 3 is 2.92 bits per heavy atom. The Hall–Kier alpha value is -0.160. The fourth-order valence-corrected chi connectivity index (χ4v) is 1.82. The summed E-state index contributed by atoms with van der Waals surface area (Å²) in [5.41, 5.74) is 5.44. The van der Waals surface area contributed by atoms with Gasteiger partial charge in [0.25, 0.3) is 0 Å². The topological polar surface area (TPSA) is 53.7 Å². The highest BCUT2D eigenvalue weighted by atomic mass is 16.7. The molecule has 0 aliphatic carbocycles. The van der Waals surface area contributed by atoms with E-state index < -0.39 is 0 Å². The number of nitrogens with two attached hydrogens (primary N) is 1. The molecule has 2 fully saturated rings. The van der Waals surface area contributed by atoms with Gasteiger partial charge in [-0.05, 0) is 25.8 Å². The van der Waals surface area contributed by atoms with Crippen LogP contribution in [0.1, 0.15) is 19.3 Å². The third kappa shape index (κ3) is 2.20. The summed E-state index contributed by atoms with van der Waals surface area (Å²) in [6.45, 7) is 2.17. The van der Waals surface area contributed by atoms with Gasteiger partial charge in [-0.1, -0.05) is 0 Å². The largest absolute Gasteiger partial charge is 0.373 e. The van der Waals surface area contributed by atoms with E-state index in [2.05, 4.69) is 0 Å². The molecule has 76 valence electrons. The SMILES string of the molecule is NCCC1COC(C2CCCO2)O1. The first-order valence-electron chi connectivity index (χ1n) is 4.99. The van der Waals surface area contributed by atoms with Gasteiger partial charge in [-0.25, -0.2) is 0 Å². The van der Waals surface area contributed by atoms with E-state index in [0.717, 1.165) is 25.9 Å². The summed E-state index contributed by atoms with van der Waals surface area (Å²) in [7, 11) is 0. The van der Waals surface area contributed by atoms with Crippen LogP contribution >= 0.6 is 0 Å². The first kappa shape index (κ1) is 9.40. The molecule has 0 aromatic heterocycles. The second-order valence-electron chi connectivity index (χ2n) is 3.59. The van der Waals surface area contributed by atoms with Gasteiger partial charge in [-0.3, -0.25) is 0 Å². The second-order valence-corrected chi connectivity index (χ2v) is 3.59. The van der Waals surface area contributed by atoms with Crippen molar-refractivity contribution >= 4 is 0 Å². The number of rotatable bonds is 3. The maximum absolute atomic E-state index is 5.66. The van der Waals surface area contributed by atoms with Crippen LogP contribution in [0, 0.1) is 0 Å². The van der Waals surface area contributed by atoms with Gasteiger partial charge in [0.15, 0.2) is 6.29 Å². The first-order valence-corrected chi connectivity index (χ1v) is 4.99. The van der Waals surface area contributed by atoms with Gasteiger partial charge in [0, 0.05) is 6.61 Å². The molecule has 0 amide bonds. The van der Waals surface area contributed by atoms with Gasteiger partial charge in [0.1, 0.15) is 6.10 Å². The van der Waals surface area contributed by atoms with E-state index in [1.54, 1.807) is 0 Å². The summed E-state index contributed by atoms with van der Waals surface area (Å²) < 4.78 is 16.6. The van der Waals surface area contributed by atoms with E-state index in [4.69, 9.17) is 19.9 Å². The first-order chi connectivity index (χ1) is 6.40. The fraction of sp³-hybridized carbons (Fsp3) is 1.00. The van der Waals surface area contributed by atoms with Gasteiger partial charge >= 0.3 is 0 Å². The van der Waals surface area contributed by atoms with Crippen LogP contribution in [0.5, 0.6) is 0 Å². The number of hydrogen-bond donors (Lipinski definition) is 1. The van der Waals surface area contributed by atoms with Gasteiger partial charge in [-0.15, -0.1) is 0 Å². The molecule has 13 heavy (non-hydrogen) atoms. The van der Waals surface area contributed by atoms with E-state index in [1.807, 2.05) is 0 Å². The molecule has 0 saturated carbocycles. The minimum Gasteiger partial charge on any atom is -0.373 e.